The van der Waals surface area contributed by atoms with E-state index in [-0.39, 0.29) is 11.7 Å². The maximum atomic E-state index is 12.4. The molecule has 1 heterocycles. The number of piperidine rings is 1. The standard InChI is InChI=1S/C21H23ClN2O2/c1-16(25)21(17-6-3-2-4-7-17)10-12-24(13-11-21)15-20(26)23-19-9-5-8-18(22)14-19/h2-9,14H,10-13,15H2,1H3,(H,23,26). The average molecular weight is 371 g/mol. The van der Waals surface area contributed by atoms with E-state index in [2.05, 4.69) is 10.2 Å². The highest BCUT2D eigenvalue weighted by atomic mass is 35.5. The molecule has 136 valence electrons. The van der Waals surface area contributed by atoms with Crippen LogP contribution in [0.2, 0.25) is 5.02 Å². The van der Waals surface area contributed by atoms with Crippen LogP contribution < -0.4 is 5.32 Å². The van der Waals surface area contributed by atoms with Gasteiger partial charge in [0.2, 0.25) is 5.91 Å². The third-order valence-corrected chi connectivity index (χ3v) is 5.42. The van der Waals surface area contributed by atoms with Crippen LogP contribution in [0.15, 0.2) is 54.6 Å². The van der Waals surface area contributed by atoms with Gasteiger partial charge in [-0.1, -0.05) is 48.0 Å². The molecule has 0 atom stereocenters. The Bertz CT molecular complexity index is 784. The molecule has 1 aliphatic rings. The van der Waals surface area contributed by atoms with Crippen LogP contribution in [-0.2, 0) is 15.0 Å². The molecule has 1 saturated heterocycles. The highest BCUT2D eigenvalue weighted by molar-refractivity contribution is 6.30. The van der Waals surface area contributed by atoms with E-state index in [1.165, 1.54) is 0 Å². The number of Topliss-reactive ketones (excluding diaryl/α,β-unsaturated/α-hetero) is 1. The monoisotopic (exact) mass is 370 g/mol. The van der Waals surface area contributed by atoms with Gasteiger partial charge in [-0.25, -0.2) is 0 Å². The summed E-state index contributed by atoms with van der Waals surface area (Å²) < 4.78 is 0. The second-order valence-corrected chi connectivity index (χ2v) is 7.28. The molecule has 0 spiro atoms. The van der Waals surface area contributed by atoms with Gasteiger partial charge in [0.15, 0.2) is 0 Å². The molecule has 0 aliphatic carbocycles. The van der Waals surface area contributed by atoms with E-state index < -0.39 is 5.41 Å². The van der Waals surface area contributed by atoms with Crippen molar-refractivity contribution in [2.24, 2.45) is 0 Å². The zero-order valence-electron chi connectivity index (χ0n) is 14.9. The molecule has 0 radical (unpaired) electrons. The first-order valence-electron chi connectivity index (χ1n) is 8.84. The zero-order chi connectivity index (χ0) is 18.6. The number of halogens is 1. The lowest BCUT2D eigenvalue weighted by Gasteiger charge is -2.40. The van der Waals surface area contributed by atoms with Crippen LogP contribution >= 0.6 is 11.6 Å². The molecule has 1 fully saturated rings. The first kappa shape index (κ1) is 18.6. The molecule has 4 nitrogen and oxygen atoms in total. The first-order valence-corrected chi connectivity index (χ1v) is 9.22. The van der Waals surface area contributed by atoms with Gasteiger partial charge < -0.3 is 5.32 Å². The molecule has 1 aliphatic heterocycles. The van der Waals surface area contributed by atoms with Crippen LogP contribution in [0, 0.1) is 0 Å². The lowest BCUT2D eigenvalue weighted by molar-refractivity contribution is -0.124. The predicted molar refractivity (Wildman–Crippen MR) is 105 cm³/mol. The molecule has 0 unspecified atom stereocenters. The quantitative estimate of drug-likeness (QED) is 0.868. The van der Waals surface area contributed by atoms with Crippen molar-refractivity contribution in [1.29, 1.82) is 0 Å². The zero-order valence-corrected chi connectivity index (χ0v) is 15.6. The Hall–Kier alpha value is -2.17. The number of amides is 1. The van der Waals surface area contributed by atoms with Crippen molar-refractivity contribution < 1.29 is 9.59 Å². The van der Waals surface area contributed by atoms with Gasteiger partial charge in [-0.3, -0.25) is 14.5 Å². The molecule has 1 amide bonds. The summed E-state index contributed by atoms with van der Waals surface area (Å²) in [5, 5.41) is 3.47. The number of benzene rings is 2. The summed E-state index contributed by atoms with van der Waals surface area (Å²) in [7, 11) is 0. The van der Waals surface area contributed by atoms with Gasteiger partial charge in [-0.05, 0) is 56.6 Å². The van der Waals surface area contributed by atoms with E-state index in [1.807, 2.05) is 36.4 Å². The second-order valence-electron chi connectivity index (χ2n) is 6.84. The molecule has 26 heavy (non-hydrogen) atoms. The van der Waals surface area contributed by atoms with E-state index in [9.17, 15) is 9.59 Å². The summed E-state index contributed by atoms with van der Waals surface area (Å²) in [6.07, 6.45) is 1.47. The smallest absolute Gasteiger partial charge is 0.238 e. The predicted octanol–water partition coefficient (Wildman–Crippen LogP) is 3.90. The SMILES string of the molecule is CC(=O)C1(c2ccccc2)CCN(CC(=O)Nc2cccc(Cl)c2)CC1. The maximum absolute atomic E-state index is 12.4. The van der Waals surface area contributed by atoms with Crippen LogP contribution in [-0.4, -0.2) is 36.2 Å². The highest BCUT2D eigenvalue weighted by Gasteiger charge is 2.40. The third-order valence-electron chi connectivity index (χ3n) is 5.19. The van der Waals surface area contributed by atoms with Gasteiger partial charge in [0.05, 0.1) is 12.0 Å². The number of rotatable bonds is 5. The minimum atomic E-state index is -0.429. The number of likely N-dealkylation sites (tertiary alicyclic amines) is 1. The number of nitrogens with zero attached hydrogens (tertiary/aromatic N) is 1. The van der Waals surface area contributed by atoms with Gasteiger partial charge in [0, 0.05) is 10.7 Å². The normalized spacial score (nSPS) is 16.8. The fourth-order valence-electron chi connectivity index (χ4n) is 3.66. The van der Waals surface area contributed by atoms with Crippen LogP contribution in [0.4, 0.5) is 5.69 Å². The van der Waals surface area contributed by atoms with Crippen LogP contribution in [0.1, 0.15) is 25.3 Å². The molecule has 3 rings (SSSR count). The van der Waals surface area contributed by atoms with E-state index >= 15 is 0 Å². The van der Waals surface area contributed by atoms with Crippen molar-refractivity contribution in [2.75, 3.05) is 25.0 Å². The van der Waals surface area contributed by atoms with Gasteiger partial charge in [0.25, 0.3) is 0 Å². The largest absolute Gasteiger partial charge is 0.325 e. The number of carbonyl (C=O) groups is 2. The number of anilines is 1. The molecule has 1 N–H and O–H groups in total. The Morgan fingerprint density at radius 3 is 2.38 bits per heavy atom. The Morgan fingerprint density at radius 1 is 1.08 bits per heavy atom. The summed E-state index contributed by atoms with van der Waals surface area (Å²) in [5.41, 5.74) is 1.35. The lowest BCUT2D eigenvalue weighted by Crippen LogP contribution is -2.48. The van der Waals surface area contributed by atoms with E-state index in [0.717, 1.165) is 31.5 Å². The Morgan fingerprint density at radius 2 is 1.77 bits per heavy atom. The number of hydrogen-bond donors (Lipinski definition) is 1. The third kappa shape index (κ3) is 4.14. The van der Waals surface area contributed by atoms with Gasteiger partial charge in [0.1, 0.15) is 5.78 Å². The fourth-order valence-corrected chi connectivity index (χ4v) is 3.85. The van der Waals surface area contributed by atoms with Crippen molar-refractivity contribution in [1.82, 2.24) is 4.90 Å². The van der Waals surface area contributed by atoms with Crippen LogP contribution in [0.3, 0.4) is 0 Å². The minimum Gasteiger partial charge on any atom is -0.325 e. The molecule has 0 aromatic heterocycles. The first-order chi connectivity index (χ1) is 12.5. The number of nitrogens with one attached hydrogen (secondary N) is 1. The topological polar surface area (TPSA) is 49.4 Å². The fraction of sp³-hybridized carbons (Fsp3) is 0.333. The summed E-state index contributed by atoms with van der Waals surface area (Å²) in [6, 6.07) is 17.1. The summed E-state index contributed by atoms with van der Waals surface area (Å²) in [6.45, 7) is 3.43. The molecule has 0 saturated carbocycles. The van der Waals surface area contributed by atoms with Crippen molar-refractivity contribution >= 4 is 29.0 Å². The Labute approximate surface area is 159 Å². The molecular formula is C21H23ClN2O2. The summed E-state index contributed by atoms with van der Waals surface area (Å²) in [4.78, 5) is 26.8. The number of ketones is 1. The average Bonchev–Trinajstić information content (AvgIpc) is 2.63. The van der Waals surface area contributed by atoms with Gasteiger partial charge in [-0.15, -0.1) is 0 Å². The highest BCUT2D eigenvalue weighted by Crippen LogP contribution is 2.36. The van der Waals surface area contributed by atoms with E-state index in [1.54, 1.807) is 25.1 Å². The molecule has 0 bridgehead atoms. The Balaban J connectivity index is 1.61. The lowest BCUT2D eigenvalue weighted by atomic mass is 9.70. The minimum absolute atomic E-state index is 0.0673. The van der Waals surface area contributed by atoms with Crippen LogP contribution in [0.5, 0.6) is 0 Å². The second kappa shape index (κ2) is 8.02. The van der Waals surface area contributed by atoms with Crippen molar-refractivity contribution in [3.05, 3.63) is 65.2 Å². The van der Waals surface area contributed by atoms with Crippen molar-refractivity contribution in [3.8, 4) is 0 Å². The van der Waals surface area contributed by atoms with Crippen molar-refractivity contribution in [2.45, 2.75) is 25.2 Å². The van der Waals surface area contributed by atoms with Crippen LogP contribution in [0.25, 0.3) is 0 Å². The molecular weight excluding hydrogens is 348 g/mol. The number of carbonyl (C=O) groups excluding carboxylic acids is 2. The molecule has 2 aromatic rings. The van der Waals surface area contributed by atoms with Crippen molar-refractivity contribution in [3.63, 3.8) is 0 Å². The maximum Gasteiger partial charge on any atom is 0.238 e. The summed E-state index contributed by atoms with van der Waals surface area (Å²) >= 11 is 5.95. The Kier molecular flexibility index (Phi) is 5.74. The molecule has 2 aromatic carbocycles. The van der Waals surface area contributed by atoms with Gasteiger partial charge in [-0.2, -0.15) is 0 Å². The van der Waals surface area contributed by atoms with E-state index in [4.69, 9.17) is 11.6 Å². The summed E-state index contributed by atoms with van der Waals surface area (Å²) in [5.74, 6) is 0.133. The van der Waals surface area contributed by atoms with Gasteiger partial charge >= 0.3 is 0 Å². The van der Waals surface area contributed by atoms with E-state index in [0.29, 0.717) is 17.3 Å². The number of hydrogen-bond acceptors (Lipinski definition) is 3. The molecule has 5 heteroatoms.